The van der Waals surface area contributed by atoms with E-state index >= 15 is 0 Å². The van der Waals surface area contributed by atoms with Crippen LogP contribution in [0.2, 0.25) is 0 Å². The molecule has 0 saturated carbocycles. The Bertz CT molecular complexity index is 807. The van der Waals surface area contributed by atoms with E-state index in [1.807, 2.05) is 6.07 Å². The van der Waals surface area contributed by atoms with Gasteiger partial charge in [0.15, 0.2) is 5.76 Å². The topological polar surface area (TPSA) is 86.3 Å². The third-order valence-electron chi connectivity index (χ3n) is 3.68. The van der Waals surface area contributed by atoms with Crippen LogP contribution in [0, 0.1) is 18.3 Å². The normalized spacial score (nSPS) is 16.7. The van der Waals surface area contributed by atoms with Gasteiger partial charge in [-0.1, -0.05) is 0 Å². The van der Waals surface area contributed by atoms with Crippen molar-refractivity contribution < 1.29 is 14.0 Å². The second kappa shape index (κ2) is 6.81. The van der Waals surface area contributed by atoms with Crippen LogP contribution in [0.3, 0.4) is 0 Å². The van der Waals surface area contributed by atoms with Crippen LogP contribution in [0.25, 0.3) is 0 Å². The molecule has 7 heteroatoms. The number of nitriles is 1. The van der Waals surface area contributed by atoms with Crippen LogP contribution in [0.5, 0.6) is 0 Å². The fourth-order valence-electron chi connectivity index (χ4n) is 2.40. The first-order valence-electron chi connectivity index (χ1n) is 7.34. The Kier molecular flexibility index (Phi) is 4.58. The first kappa shape index (κ1) is 16.1. The Morgan fingerprint density at radius 2 is 2.04 bits per heavy atom. The fourth-order valence-corrected chi connectivity index (χ4v) is 3.56. The van der Waals surface area contributed by atoms with Gasteiger partial charge in [-0.2, -0.15) is 5.26 Å². The van der Waals surface area contributed by atoms with E-state index in [0.717, 1.165) is 0 Å². The summed E-state index contributed by atoms with van der Waals surface area (Å²) in [6.45, 7) is 1.77. The number of carbonyl (C=O) groups excluding carboxylic acids is 2. The number of aryl methyl sites for hydroxylation is 1. The number of hydrogen-bond acceptors (Lipinski definition) is 5. The maximum absolute atomic E-state index is 12.5. The van der Waals surface area contributed by atoms with Gasteiger partial charge in [0.1, 0.15) is 11.8 Å². The number of nitrogens with zero attached hydrogens (tertiary/aromatic N) is 2. The van der Waals surface area contributed by atoms with Crippen LogP contribution in [-0.4, -0.2) is 34.4 Å². The summed E-state index contributed by atoms with van der Waals surface area (Å²) in [5.74, 6) is 1.35. The second-order valence-corrected chi connectivity index (χ2v) is 6.38. The van der Waals surface area contributed by atoms with Gasteiger partial charge in [0.2, 0.25) is 5.91 Å². The zero-order chi connectivity index (χ0) is 17.1. The third kappa shape index (κ3) is 3.29. The average molecular weight is 341 g/mol. The van der Waals surface area contributed by atoms with Gasteiger partial charge in [-0.3, -0.25) is 9.59 Å². The first-order valence-corrected chi connectivity index (χ1v) is 8.50. The van der Waals surface area contributed by atoms with Crippen molar-refractivity contribution in [2.45, 2.75) is 13.0 Å². The molecule has 2 heterocycles. The van der Waals surface area contributed by atoms with Gasteiger partial charge in [-0.15, -0.1) is 11.8 Å². The smallest absolute Gasteiger partial charge is 0.290 e. The second-order valence-electron chi connectivity index (χ2n) is 5.38. The molecule has 1 aliphatic rings. The van der Waals surface area contributed by atoms with Gasteiger partial charge < -0.3 is 14.6 Å². The zero-order valence-electron chi connectivity index (χ0n) is 13.0. The summed E-state index contributed by atoms with van der Waals surface area (Å²) < 4.78 is 5.37. The van der Waals surface area contributed by atoms with Crippen molar-refractivity contribution in [1.29, 1.82) is 5.26 Å². The monoisotopic (exact) mass is 341 g/mol. The Hall–Kier alpha value is -2.72. The maximum atomic E-state index is 12.5. The summed E-state index contributed by atoms with van der Waals surface area (Å²) in [5, 5.41) is 11.6. The molecule has 1 N–H and O–H groups in total. The highest BCUT2D eigenvalue weighted by molar-refractivity contribution is 7.99. The molecule has 2 aromatic rings. The van der Waals surface area contributed by atoms with E-state index in [-0.39, 0.29) is 17.6 Å². The summed E-state index contributed by atoms with van der Waals surface area (Å²) >= 11 is 1.52. The number of thioether (sulfide) groups is 1. The van der Waals surface area contributed by atoms with E-state index < -0.39 is 6.04 Å². The predicted octanol–water partition coefficient (Wildman–Crippen LogP) is 2.61. The highest BCUT2D eigenvalue weighted by Crippen LogP contribution is 2.25. The number of rotatable bonds is 3. The number of amides is 2. The molecule has 3 rings (SSSR count). The molecule has 1 aromatic carbocycles. The number of carbonyl (C=O) groups is 2. The number of nitrogens with one attached hydrogen (secondary N) is 1. The van der Waals surface area contributed by atoms with Crippen LogP contribution in [0.4, 0.5) is 5.69 Å². The third-order valence-corrected chi connectivity index (χ3v) is 4.69. The molecule has 0 unspecified atom stereocenters. The van der Waals surface area contributed by atoms with Gasteiger partial charge >= 0.3 is 0 Å². The van der Waals surface area contributed by atoms with Gasteiger partial charge in [-0.05, 0) is 43.3 Å². The van der Waals surface area contributed by atoms with Crippen molar-refractivity contribution in [2.75, 3.05) is 16.9 Å². The summed E-state index contributed by atoms with van der Waals surface area (Å²) in [4.78, 5) is 26.5. The maximum Gasteiger partial charge on any atom is 0.290 e. The van der Waals surface area contributed by atoms with Crippen molar-refractivity contribution in [3.8, 4) is 6.07 Å². The lowest BCUT2D eigenvalue weighted by Crippen LogP contribution is -2.44. The molecule has 0 bridgehead atoms. The lowest BCUT2D eigenvalue weighted by Gasteiger charge is -2.22. The molecule has 0 radical (unpaired) electrons. The van der Waals surface area contributed by atoms with E-state index in [0.29, 0.717) is 28.6 Å². The fraction of sp³-hybridized carbons (Fsp3) is 0.235. The minimum atomic E-state index is -0.552. The van der Waals surface area contributed by atoms with E-state index in [1.165, 1.54) is 16.7 Å². The van der Waals surface area contributed by atoms with Gasteiger partial charge in [0.25, 0.3) is 5.91 Å². The minimum absolute atomic E-state index is 0.242. The Morgan fingerprint density at radius 3 is 2.67 bits per heavy atom. The van der Waals surface area contributed by atoms with Crippen LogP contribution in [0.1, 0.15) is 21.9 Å². The SMILES string of the molecule is Cc1ccc(C(=O)N2CSC[C@@H]2C(=O)Nc2ccc(C#N)cc2)o1. The molecule has 6 nitrogen and oxygen atoms in total. The Balaban J connectivity index is 1.71. The summed E-state index contributed by atoms with van der Waals surface area (Å²) in [6.07, 6.45) is 0. The van der Waals surface area contributed by atoms with Crippen LogP contribution < -0.4 is 5.32 Å². The summed E-state index contributed by atoms with van der Waals surface area (Å²) in [7, 11) is 0. The van der Waals surface area contributed by atoms with Crippen molar-refractivity contribution in [3.05, 3.63) is 53.5 Å². The molecule has 1 aliphatic heterocycles. The number of furan rings is 1. The highest BCUT2D eigenvalue weighted by atomic mass is 32.2. The molecule has 0 aliphatic carbocycles. The largest absolute Gasteiger partial charge is 0.456 e. The molecule has 2 amide bonds. The average Bonchev–Trinajstić information content (AvgIpc) is 3.24. The summed E-state index contributed by atoms with van der Waals surface area (Å²) in [5.41, 5.74) is 1.12. The highest BCUT2D eigenvalue weighted by Gasteiger charge is 2.36. The number of benzene rings is 1. The van der Waals surface area contributed by atoms with Crippen LogP contribution in [-0.2, 0) is 4.79 Å². The molecular weight excluding hydrogens is 326 g/mol. The van der Waals surface area contributed by atoms with Gasteiger partial charge in [0.05, 0.1) is 17.5 Å². The van der Waals surface area contributed by atoms with E-state index in [1.54, 1.807) is 43.3 Å². The quantitative estimate of drug-likeness (QED) is 0.927. The predicted molar refractivity (Wildman–Crippen MR) is 90.5 cm³/mol. The first-order chi connectivity index (χ1) is 11.6. The van der Waals surface area contributed by atoms with Crippen molar-refractivity contribution in [3.63, 3.8) is 0 Å². The van der Waals surface area contributed by atoms with Gasteiger partial charge in [0, 0.05) is 11.4 Å². The lowest BCUT2D eigenvalue weighted by atomic mass is 10.2. The Morgan fingerprint density at radius 1 is 1.29 bits per heavy atom. The van der Waals surface area contributed by atoms with Crippen LogP contribution in [0.15, 0.2) is 40.8 Å². The molecule has 122 valence electrons. The molecule has 1 saturated heterocycles. The molecule has 24 heavy (non-hydrogen) atoms. The molecule has 1 aromatic heterocycles. The van der Waals surface area contributed by atoms with E-state index in [2.05, 4.69) is 5.32 Å². The number of hydrogen-bond donors (Lipinski definition) is 1. The molecule has 0 spiro atoms. The Labute approximate surface area is 143 Å². The molecular formula is C17H15N3O3S. The van der Waals surface area contributed by atoms with Gasteiger partial charge in [-0.25, -0.2) is 0 Å². The van der Waals surface area contributed by atoms with E-state index in [4.69, 9.17) is 9.68 Å². The molecule has 1 fully saturated rings. The molecule has 1 atom stereocenters. The zero-order valence-corrected chi connectivity index (χ0v) is 13.8. The summed E-state index contributed by atoms with van der Waals surface area (Å²) in [6, 6.07) is 11.4. The minimum Gasteiger partial charge on any atom is -0.456 e. The number of anilines is 1. The lowest BCUT2D eigenvalue weighted by molar-refractivity contribution is -0.119. The van der Waals surface area contributed by atoms with Crippen molar-refractivity contribution >= 4 is 29.3 Å². The standard InChI is InChI=1S/C17H15N3O3S/c1-11-2-7-15(23-11)17(22)20-10-24-9-14(20)16(21)19-13-5-3-12(8-18)4-6-13/h2-7,14H,9-10H2,1H3,(H,19,21)/t14-/m1/s1. The van der Waals surface area contributed by atoms with E-state index in [9.17, 15) is 9.59 Å². The van der Waals surface area contributed by atoms with Crippen molar-refractivity contribution in [2.24, 2.45) is 0 Å². The van der Waals surface area contributed by atoms with Crippen LogP contribution >= 0.6 is 11.8 Å². The van der Waals surface area contributed by atoms with Crippen molar-refractivity contribution in [1.82, 2.24) is 4.90 Å².